The molecule has 5 unspecified atom stereocenters. The number of piperidine rings is 1. The molecule has 1 heterocycles. The Morgan fingerprint density at radius 1 is 1.09 bits per heavy atom. The second-order valence-electron chi connectivity index (χ2n) is 10.3. The van der Waals surface area contributed by atoms with Gasteiger partial charge in [-0.05, 0) is 78.9 Å². The number of likely N-dealkylation sites (tertiary alicyclic amines) is 1. The predicted octanol–water partition coefficient (Wildman–Crippen LogP) is 4.73. The van der Waals surface area contributed by atoms with Crippen LogP contribution in [-0.2, 0) is 4.79 Å². The van der Waals surface area contributed by atoms with Crippen molar-refractivity contribution >= 4 is 5.91 Å². The molecule has 0 N–H and O–H groups in total. The summed E-state index contributed by atoms with van der Waals surface area (Å²) in [6, 6.07) is 0.489. The molecule has 3 saturated carbocycles. The smallest absolute Gasteiger partial charge is 0.222 e. The first kappa shape index (κ1) is 16.0. The third-order valence-electron chi connectivity index (χ3n) is 8.92. The second-order valence-corrected chi connectivity index (χ2v) is 10.3. The quantitative estimate of drug-likeness (QED) is 0.632. The van der Waals surface area contributed by atoms with Crippen LogP contribution < -0.4 is 0 Å². The molecule has 1 amide bonds. The van der Waals surface area contributed by atoms with Crippen LogP contribution in [0.4, 0.5) is 0 Å². The molecule has 2 nitrogen and oxygen atoms in total. The lowest BCUT2D eigenvalue weighted by molar-refractivity contribution is -0.164. The molecule has 1 aliphatic heterocycles. The highest BCUT2D eigenvalue weighted by Gasteiger charge is 2.61. The fourth-order valence-corrected chi connectivity index (χ4v) is 7.88. The molecule has 4 aliphatic rings. The van der Waals surface area contributed by atoms with Crippen LogP contribution in [0.25, 0.3) is 0 Å². The molecule has 0 spiro atoms. The van der Waals surface area contributed by atoms with Gasteiger partial charge in [0.15, 0.2) is 0 Å². The maximum Gasteiger partial charge on any atom is 0.222 e. The summed E-state index contributed by atoms with van der Waals surface area (Å²) in [6.07, 6.45) is 8.89. The van der Waals surface area contributed by atoms with Gasteiger partial charge in [0.05, 0.1) is 0 Å². The van der Waals surface area contributed by atoms with Gasteiger partial charge in [-0.25, -0.2) is 0 Å². The van der Waals surface area contributed by atoms with Gasteiger partial charge in [-0.3, -0.25) is 4.79 Å². The molecule has 4 fully saturated rings. The van der Waals surface area contributed by atoms with Crippen LogP contribution >= 0.6 is 0 Å². The van der Waals surface area contributed by atoms with Crippen molar-refractivity contribution < 1.29 is 4.79 Å². The minimum Gasteiger partial charge on any atom is -0.342 e. The Bertz CT molecular complexity index is 516. The molecule has 0 radical (unpaired) electrons. The van der Waals surface area contributed by atoms with Crippen LogP contribution in [-0.4, -0.2) is 23.9 Å². The summed E-state index contributed by atoms with van der Waals surface area (Å²) < 4.78 is 0. The molecule has 0 aromatic rings. The Kier molecular flexibility index (Phi) is 3.46. The van der Waals surface area contributed by atoms with Crippen LogP contribution in [0.2, 0.25) is 0 Å². The Balaban J connectivity index is 1.70. The summed E-state index contributed by atoms with van der Waals surface area (Å²) in [5.41, 5.74) is 0.974. The topological polar surface area (TPSA) is 20.3 Å². The van der Waals surface area contributed by atoms with Crippen molar-refractivity contribution in [1.82, 2.24) is 4.90 Å². The lowest BCUT2D eigenvalue weighted by Gasteiger charge is -2.63. The second kappa shape index (κ2) is 4.99. The number of fused-ring (bicyclic) bond motifs is 5. The van der Waals surface area contributed by atoms with Crippen molar-refractivity contribution in [3.63, 3.8) is 0 Å². The Morgan fingerprint density at radius 3 is 2.57 bits per heavy atom. The van der Waals surface area contributed by atoms with Gasteiger partial charge < -0.3 is 4.90 Å². The number of rotatable bonds is 0. The molecule has 130 valence electrons. The summed E-state index contributed by atoms with van der Waals surface area (Å²) in [6.45, 7) is 10.1. The minimum atomic E-state index is 0.368. The van der Waals surface area contributed by atoms with Gasteiger partial charge in [-0.2, -0.15) is 0 Å². The van der Waals surface area contributed by atoms with Crippen molar-refractivity contribution in [2.75, 3.05) is 7.05 Å². The lowest BCUT2D eigenvalue weighted by atomic mass is 9.45. The molecule has 2 heteroatoms. The Labute approximate surface area is 142 Å². The van der Waals surface area contributed by atoms with Gasteiger partial charge in [-0.1, -0.05) is 27.7 Å². The van der Waals surface area contributed by atoms with Crippen molar-refractivity contribution in [3.05, 3.63) is 0 Å². The number of hydrogen-bond donors (Lipinski definition) is 0. The van der Waals surface area contributed by atoms with E-state index >= 15 is 0 Å². The zero-order valence-corrected chi connectivity index (χ0v) is 15.8. The van der Waals surface area contributed by atoms with E-state index in [-0.39, 0.29) is 0 Å². The maximum absolute atomic E-state index is 12.3. The molecule has 8 atom stereocenters. The van der Waals surface area contributed by atoms with Crippen LogP contribution in [0, 0.1) is 40.4 Å². The average Bonchev–Trinajstić information content (AvgIpc) is 2.80. The largest absolute Gasteiger partial charge is 0.342 e. The zero-order chi connectivity index (χ0) is 16.6. The molecule has 0 bridgehead atoms. The monoisotopic (exact) mass is 317 g/mol. The van der Waals surface area contributed by atoms with E-state index in [0.717, 1.165) is 42.4 Å². The van der Waals surface area contributed by atoms with E-state index in [1.807, 2.05) is 0 Å². The normalized spacial score (nSPS) is 56.0. The Morgan fingerprint density at radius 2 is 1.83 bits per heavy atom. The van der Waals surface area contributed by atoms with E-state index in [1.165, 1.54) is 32.1 Å². The summed E-state index contributed by atoms with van der Waals surface area (Å²) in [4.78, 5) is 14.4. The lowest BCUT2D eigenvalue weighted by Crippen LogP contribution is -2.62. The average molecular weight is 318 g/mol. The number of amides is 1. The van der Waals surface area contributed by atoms with Crippen LogP contribution in [0.1, 0.15) is 72.6 Å². The number of hydrogen-bond acceptors (Lipinski definition) is 1. The van der Waals surface area contributed by atoms with Gasteiger partial charge in [0.2, 0.25) is 5.91 Å². The third kappa shape index (κ3) is 2.09. The van der Waals surface area contributed by atoms with Crippen molar-refractivity contribution in [3.8, 4) is 0 Å². The van der Waals surface area contributed by atoms with Gasteiger partial charge in [0, 0.05) is 19.5 Å². The molecule has 23 heavy (non-hydrogen) atoms. The summed E-state index contributed by atoms with van der Waals surface area (Å²) >= 11 is 0. The number of nitrogens with zero attached hydrogens (tertiary/aromatic N) is 1. The molecule has 0 aromatic heterocycles. The van der Waals surface area contributed by atoms with E-state index < -0.39 is 0 Å². The van der Waals surface area contributed by atoms with Crippen molar-refractivity contribution in [2.24, 2.45) is 40.4 Å². The standard InChI is InChI=1S/C21H35NO/c1-13-10-16-19-14(2)11-17-21(4,9-7-18(23)22(17)5)15(19)6-8-20(16,3)12-13/h13-17,19H,6-12H2,1-5H3/t13-,14?,15?,16?,17?,19?,20+,21+/m0/s1. The van der Waals surface area contributed by atoms with E-state index in [2.05, 4.69) is 39.6 Å². The van der Waals surface area contributed by atoms with E-state index in [1.54, 1.807) is 0 Å². The zero-order valence-electron chi connectivity index (χ0n) is 15.8. The SMILES string of the molecule is CC1CC2N(C)C(=O)CC[C@]2(C)C2CC[C@]3(C)C[C@@H](C)CC3C12. The van der Waals surface area contributed by atoms with Crippen LogP contribution in [0.3, 0.4) is 0 Å². The highest BCUT2D eigenvalue weighted by Crippen LogP contribution is 2.66. The molecule has 4 rings (SSSR count). The fraction of sp³-hybridized carbons (Fsp3) is 0.952. The fourth-order valence-electron chi connectivity index (χ4n) is 7.88. The maximum atomic E-state index is 12.3. The summed E-state index contributed by atoms with van der Waals surface area (Å²) in [7, 11) is 2.07. The molecule has 1 saturated heterocycles. The van der Waals surface area contributed by atoms with Crippen molar-refractivity contribution in [2.45, 2.75) is 78.7 Å². The van der Waals surface area contributed by atoms with Gasteiger partial charge in [0.1, 0.15) is 0 Å². The third-order valence-corrected chi connectivity index (χ3v) is 8.92. The summed E-state index contributed by atoms with van der Waals surface area (Å²) in [5, 5.41) is 0. The van der Waals surface area contributed by atoms with E-state index in [0.29, 0.717) is 22.8 Å². The Hall–Kier alpha value is -0.530. The first-order valence-corrected chi connectivity index (χ1v) is 10.0. The van der Waals surface area contributed by atoms with Gasteiger partial charge in [-0.15, -0.1) is 0 Å². The molecule has 3 aliphatic carbocycles. The molecule has 0 aromatic carbocycles. The predicted molar refractivity (Wildman–Crippen MR) is 93.9 cm³/mol. The van der Waals surface area contributed by atoms with E-state index in [9.17, 15) is 4.79 Å². The molecular weight excluding hydrogens is 282 g/mol. The van der Waals surface area contributed by atoms with Crippen LogP contribution in [0.5, 0.6) is 0 Å². The van der Waals surface area contributed by atoms with E-state index in [4.69, 9.17) is 0 Å². The van der Waals surface area contributed by atoms with Gasteiger partial charge in [0.25, 0.3) is 0 Å². The van der Waals surface area contributed by atoms with Crippen LogP contribution in [0.15, 0.2) is 0 Å². The highest BCUT2D eigenvalue weighted by molar-refractivity contribution is 5.77. The van der Waals surface area contributed by atoms with Crippen molar-refractivity contribution in [1.29, 1.82) is 0 Å². The number of carbonyl (C=O) groups excluding carboxylic acids is 1. The van der Waals surface area contributed by atoms with Gasteiger partial charge >= 0.3 is 0 Å². The highest BCUT2D eigenvalue weighted by atomic mass is 16.2. The first-order chi connectivity index (χ1) is 10.8. The first-order valence-electron chi connectivity index (χ1n) is 10.0. The number of carbonyl (C=O) groups is 1. The minimum absolute atomic E-state index is 0.368. The molecular formula is C21H35NO. The summed E-state index contributed by atoms with van der Waals surface area (Å²) in [5.74, 6) is 4.76.